The van der Waals surface area contributed by atoms with Crippen LogP contribution in [0.2, 0.25) is 0 Å². The third kappa shape index (κ3) is 3.53. The number of H-pyrrole nitrogens is 1. The zero-order valence-electron chi connectivity index (χ0n) is 13.1. The van der Waals surface area contributed by atoms with Crippen LogP contribution in [0.1, 0.15) is 29.6 Å². The number of nitrogens with two attached hydrogens (primary N) is 1. The average molecular weight is 314 g/mol. The first-order chi connectivity index (χ1) is 11.1. The summed E-state index contributed by atoms with van der Waals surface area (Å²) in [5.41, 5.74) is 6.46. The average Bonchev–Trinajstić information content (AvgIpc) is 3.05. The number of hydrogen-bond donors (Lipinski definition) is 3. The molecule has 6 heteroatoms. The summed E-state index contributed by atoms with van der Waals surface area (Å²) in [5, 5.41) is 3.99. The van der Waals surface area contributed by atoms with E-state index in [1.807, 2.05) is 0 Å². The van der Waals surface area contributed by atoms with Crippen LogP contribution in [0, 0.1) is 0 Å². The molecule has 2 aromatic rings. The largest absolute Gasteiger partial charge is 0.399 e. The maximum Gasteiger partial charge on any atom is 0.255 e. The van der Waals surface area contributed by atoms with Gasteiger partial charge in [0.25, 0.3) is 11.5 Å². The second kappa shape index (κ2) is 6.83. The van der Waals surface area contributed by atoms with Crippen molar-refractivity contribution in [2.24, 2.45) is 0 Å². The quantitative estimate of drug-likeness (QED) is 0.573. The Bertz CT molecular complexity index is 763. The maximum atomic E-state index is 12.4. The van der Waals surface area contributed by atoms with Gasteiger partial charge >= 0.3 is 0 Å². The number of pyridine rings is 1. The molecule has 2 heterocycles. The summed E-state index contributed by atoms with van der Waals surface area (Å²) in [4.78, 5) is 29.3. The first kappa shape index (κ1) is 15.6. The summed E-state index contributed by atoms with van der Waals surface area (Å²) in [6, 6.07) is 5.02. The van der Waals surface area contributed by atoms with Crippen LogP contribution in [-0.4, -0.2) is 42.0 Å². The Labute approximate surface area is 134 Å². The van der Waals surface area contributed by atoms with Crippen molar-refractivity contribution in [1.82, 2.24) is 15.2 Å². The van der Waals surface area contributed by atoms with Gasteiger partial charge in [0.1, 0.15) is 0 Å². The van der Waals surface area contributed by atoms with Crippen molar-refractivity contribution in [2.45, 2.75) is 19.3 Å². The van der Waals surface area contributed by atoms with E-state index in [2.05, 4.69) is 15.2 Å². The lowest BCUT2D eigenvalue weighted by Crippen LogP contribution is -2.29. The molecule has 0 radical (unpaired) electrons. The molecule has 0 bridgehead atoms. The number of carbonyl (C=O) groups is 1. The number of nitrogen functional groups attached to an aromatic ring is 1. The number of aromatic nitrogens is 1. The highest BCUT2D eigenvalue weighted by Crippen LogP contribution is 2.17. The molecule has 0 atom stereocenters. The van der Waals surface area contributed by atoms with Crippen LogP contribution in [0.3, 0.4) is 0 Å². The van der Waals surface area contributed by atoms with Crippen molar-refractivity contribution in [3.63, 3.8) is 0 Å². The summed E-state index contributed by atoms with van der Waals surface area (Å²) < 4.78 is 0. The molecular weight excluding hydrogens is 292 g/mol. The third-order valence-electron chi connectivity index (χ3n) is 4.31. The number of fused-ring (bicyclic) bond motifs is 1. The lowest BCUT2D eigenvalue weighted by Gasteiger charge is -2.14. The fourth-order valence-electron chi connectivity index (χ4n) is 3.07. The van der Waals surface area contributed by atoms with E-state index in [1.165, 1.54) is 32.1 Å². The molecule has 1 aromatic heterocycles. The molecule has 23 heavy (non-hydrogen) atoms. The van der Waals surface area contributed by atoms with Gasteiger partial charge in [0.2, 0.25) is 0 Å². The van der Waals surface area contributed by atoms with Gasteiger partial charge in [-0.05, 0) is 51.0 Å². The van der Waals surface area contributed by atoms with Gasteiger partial charge < -0.3 is 20.9 Å². The Hall–Kier alpha value is -2.34. The van der Waals surface area contributed by atoms with Crippen molar-refractivity contribution in [2.75, 3.05) is 31.9 Å². The maximum absolute atomic E-state index is 12.4. The second-order valence-corrected chi connectivity index (χ2v) is 5.99. The number of nitrogens with one attached hydrogen (secondary N) is 2. The summed E-state index contributed by atoms with van der Waals surface area (Å²) >= 11 is 0. The second-order valence-electron chi connectivity index (χ2n) is 5.99. The molecule has 0 aliphatic carbocycles. The predicted molar refractivity (Wildman–Crippen MR) is 91.6 cm³/mol. The van der Waals surface area contributed by atoms with Gasteiger partial charge in [-0.2, -0.15) is 0 Å². The van der Waals surface area contributed by atoms with Crippen molar-refractivity contribution >= 4 is 22.4 Å². The summed E-state index contributed by atoms with van der Waals surface area (Å²) in [6.07, 6.45) is 4.95. The summed E-state index contributed by atoms with van der Waals surface area (Å²) in [7, 11) is 0. The van der Waals surface area contributed by atoms with E-state index in [-0.39, 0.29) is 11.5 Å². The van der Waals surface area contributed by atoms with Crippen LogP contribution in [0.4, 0.5) is 5.69 Å². The summed E-state index contributed by atoms with van der Waals surface area (Å²) in [5.74, 6) is -0.169. The van der Waals surface area contributed by atoms with Crippen LogP contribution in [0.25, 0.3) is 10.8 Å². The van der Waals surface area contributed by atoms with Crippen molar-refractivity contribution in [3.8, 4) is 0 Å². The number of carbonyl (C=O) groups excluding carboxylic acids is 1. The third-order valence-corrected chi connectivity index (χ3v) is 4.31. The Morgan fingerprint density at radius 3 is 2.83 bits per heavy atom. The Morgan fingerprint density at radius 2 is 2.04 bits per heavy atom. The summed E-state index contributed by atoms with van der Waals surface area (Å²) in [6.45, 7) is 3.98. The molecule has 0 saturated carbocycles. The minimum atomic E-state index is -0.238. The normalized spacial score (nSPS) is 15.1. The number of aromatic amines is 1. The number of anilines is 1. The number of rotatable bonds is 5. The molecule has 1 fully saturated rings. The molecule has 1 aromatic carbocycles. The Balaban J connectivity index is 1.66. The van der Waals surface area contributed by atoms with E-state index in [0.717, 1.165) is 13.0 Å². The van der Waals surface area contributed by atoms with Crippen molar-refractivity contribution < 1.29 is 4.79 Å². The van der Waals surface area contributed by atoms with Crippen LogP contribution in [0.15, 0.2) is 29.2 Å². The van der Waals surface area contributed by atoms with Gasteiger partial charge in [-0.15, -0.1) is 0 Å². The number of amides is 1. The van der Waals surface area contributed by atoms with E-state index in [0.29, 0.717) is 28.6 Å². The number of nitrogens with zero attached hydrogens (tertiary/aromatic N) is 1. The lowest BCUT2D eigenvalue weighted by molar-refractivity contribution is 0.0953. The van der Waals surface area contributed by atoms with Gasteiger partial charge in [-0.25, -0.2) is 0 Å². The first-order valence-electron chi connectivity index (χ1n) is 8.06. The Kier molecular flexibility index (Phi) is 4.62. The van der Waals surface area contributed by atoms with Gasteiger partial charge in [0, 0.05) is 29.2 Å². The zero-order chi connectivity index (χ0) is 16.2. The van der Waals surface area contributed by atoms with Gasteiger partial charge in [-0.3, -0.25) is 9.59 Å². The number of hydrogen-bond acceptors (Lipinski definition) is 4. The molecule has 1 saturated heterocycles. The zero-order valence-corrected chi connectivity index (χ0v) is 13.1. The number of benzene rings is 1. The van der Waals surface area contributed by atoms with Crippen molar-refractivity contribution in [1.29, 1.82) is 0 Å². The SMILES string of the molecule is Nc1ccc2c(C(=O)NCCCN3CCCC3)c[nH]c(=O)c2c1. The van der Waals surface area contributed by atoms with E-state index < -0.39 is 0 Å². The fraction of sp³-hybridized carbons (Fsp3) is 0.412. The van der Waals surface area contributed by atoms with Gasteiger partial charge in [0.15, 0.2) is 0 Å². The van der Waals surface area contributed by atoms with E-state index >= 15 is 0 Å². The molecule has 4 N–H and O–H groups in total. The van der Waals surface area contributed by atoms with E-state index in [9.17, 15) is 9.59 Å². The van der Waals surface area contributed by atoms with E-state index in [1.54, 1.807) is 18.2 Å². The number of likely N-dealkylation sites (tertiary alicyclic amines) is 1. The molecule has 0 unspecified atom stereocenters. The highest BCUT2D eigenvalue weighted by Gasteiger charge is 2.13. The van der Waals surface area contributed by atoms with Gasteiger partial charge in [0.05, 0.1) is 5.56 Å². The monoisotopic (exact) mass is 314 g/mol. The molecule has 1 aliphatic rings. The lowest BCUT2D eigenvalue weighted by atomic mass is 10.1. The molecule has 1 aliphatic heterocycles. The fourth-order valence-corrected chi connectivity index (χ4v) is 3.07. The van der Waals surface area contributed by atoms with Crippen molar-refractivity contribution in [3.05, 3.63) is 40.3 Å². The highest BCUT2D eigenvalue weighted by atomic mass is 16.1. The highest BCUT2D eigenvalue weighted by molar-refractivity contribution is 6.06. The molecule has 1 amide bonds. The smallest absolute Gasteiger partial charge is 0.255 e. The predicted octanol–water partition coefficient (Wildman–Crippen LogP) is 1.33. The molecule has 3 rings (SSSR count). The minimum absolute atomic E-state index is 0.169. The van der Waals surface area contributed by atoms with Crippen LogP contribution < -0.4 is 16.6 Å². The molecule has 0 spiro atoms. The van der Waals surface area contributed by atoms with Crippen LogP contribution in [-0.2, 0) is 0 Å². The van der Waals surface area contributed by atoms with Crippen LogP contribution in [0.5, 0.6) is 0 Å². The van der Waals surface area contributed by atoms with Gasteiger partial charge in [-0.1, -0.05) is 6.07 Å². The first-order valence-corrected chi connectivity index (χ1v) is 8.06. The molecule has 122 valence electrons. The molecular formula is C17H22N4O2. The van der Waals surface area contributed by atoms with E-state index in [4.69, 9.17) is 5.73 Å². The topological polar surface area (TPSA) is 91.2 Å². The Morgan fingerprint density at radius 1 is 1.26 bits per heavy atom. The molecule has 6 nitrogen and oxygen atoms in total. The standard InChI is InChI=1S/C17H22N4O2/c18-12-4-5-13-14(10-12)16(22)20-11-15(13)17(23)19-6-3-9-21-7-1-2-8-21/h4-5,10-11H,1-3,6-9,18H2,(H,19,23)(H,20,22). The minimum Gasteiger partial charge on any atom is -0.399 e. The van der Waals surface area contributed by atoms with Crippen LogP contribution >= 0.6 is 0 Å².